The van der Waals surface area contributed by atoms with Crippen molar-refractivity contribution >= 4 is 0 Å². The van der Waals surface area contributed by atoms with Gasteiger partial charge in [0.15, 0.2) is 0 Å². The summed E-state index contributed by atoms with van der Waals surface area (Å²) < 4.78 is 5.84. The minimum absolute atomic E-state index is 0.179. The summed E-state index contributed by atoms with van der Waals surface area (Å²) in [6.07, 6.45) is 15.5. The van der Waals surface area contributed by atoms with Gasteiger partial charge in [-0.3, -0.25) is 0 Å². The summed E-state index contributed by atoms with van der Waals surface area (Å²) in [6.45, 7) is 3.38. The summed E-state index contributed by atoms with van der Waals surface area (Å²) in [4.78, 5) is 0. The van der Waals surface area contributed by atoms with E-state index in [4.69, 9.17) is 4.74 Å². The van der Waals surface area contributed by atoms with E-state index in [2.05, 4.69) is 18.3 Å². The van der Waals surface area contributed by atoms with Gasteiger partial charge < -0.3 is 10.1 Å². The van der Waals surface area contributed by atoms with Gasteiger partial charge in [-0.1, -0.05) is 25.0 Å². The number of rotatable bonds is 7. The van der Waals surface area contributed by atoms with E-state index >= 15 is 0 Å². The van der Waals surface area contributed by atoms with Crippen molar-refractivity contribution in [2.24, 2.45) is 0 Å². The van der Waals surface area contributed by atoms with E-state index in [0.29, 0.717) is 6.04 Å². The third-order valence-electron chi connectivity index (χ3n) is 4.94. The van der Waals surface area contributed by atoms with Crippen molar-refractivity contribution in [1.82, 2.24) is 5.32 Å². The summed E-state index contributed by atoms with van der Waals surface area (Å²) in [5, 5.41) is 3.78. The Kier molecular flexibility index (Phi) is 5.90. The lowest BCUT2D eigenvalue weighted by Crippen LogP contribution is -2.46. The minimum atomic E-state index is 0.179. The zero-order valence-electron chi connectivity index (χ0n) is 12.8. The van der Waals surface area contributed by atoms with Gasteiger partial charge in [0, 0.05) is 13.2 Å². The average molecular weight is 265 g/mol. The van der Waals surface area contributed by atoms with Crippen LogP contribution in [0.2, 0.25) is 0 Å². The molecule has 2 aliphatic carbocycles. The van der Waals surface area contributed by atoms with Gasteiger partial charge in [0.1, 0.15) is 0 Å². The molecule has 110 valence electrons. The molecule has 0 radical (unpaired) electrons. The van der Waals surface area contributed by atoms with Gasteiger partial charge in [0.25, 0.3) is 0 Å². The van der Waals surface area contributed by atoms with E-state index in [1.165, 1.54) is 64.2 Å². The second-order valence-corrected chi connectivity index (χ2v) is 6.33. The molecule has 0 aliphatic heterocycles. The molecule has 1 unspecified atom stereocenters. The maximum atomic E-state index is 5.84. The first-order valence-corrected chi connectivity index (χ1v) is 8.27. The predicted octanol–water partition coefficient (Wildman–Crippen LogP) is 4.20. The maximum absolute atomic E-state index is 5.84. The van der Waals surface area contributed by atoms with Crippen LogP contribution in [-0.4, -0.2) is 25.3 Å². The number of allylic oxidation sites excluding steroid dienone is 1. The molecule has 2 aliphatic rings. The Labute approximate surface area is 119 Å². The van der Waals surface area contributed by atoms with Crippen molar-refractivity contribution in [3.8, 4) is 0 Å². The van der Waals surface area contributed by atoms with Gasteiger partial charge >= 0.3 is 0 Å². The van der Waals surface area contributed by atoms with E-state index in [1.54, 1.807) is 5.57 Å². The maximum Gasteiger partial charge on any atom is 0.0696 e. The fraction of sp³-hybridized carbons (Fsp3) is 0.882. The summed E-state index contributed by atoms with van der Waals surface area (Å²) in [7, 11) is 1.90. The quantitative estimate of drug-likeness (QED) is 0.696. The number of methoxy groups -OCH3 is 1. The lowest BCUT2D eigenvalue weighted by Gasteiger charge is -2.43. The topological polar surface area (TPSA) is 21.3 Å². The smallest absolute Gasteiger partial charge is 0.0696 e. The lowest BCUT2D eigenvalue weighted by atomic mass is 9.74. The van der Waals surface area contributed by atoms with Crippen LogP contribution in [0.5, 0.6) is 0 Å². The highest BCUT2D eigenvalue weighted by atomic mass is 16.5. The second kappa shape index (κ2) is 7.44. The van der Waals surface area contributed by atoms with E-state index in [-0.39, 0.29) is 5.60 Å². The number of ether oxygens (including phenoxy) is 1. The molecule has 1 fully saturated rings. The van der Waals surface area contributed by atoms with Gasteiger partial charge in [0.05, 0.1) is 5.60 Å². The van der Waals surface area contributed by atoms with E-state index in [1.807, 2.05) is 7.11 Å². The molecule has 0 aromatic rings. The summed E-state index contributed by atoms with van der Waals surface area (Å²) in [5.41, 5.74) is 1.84. The molecule has 0 aromatic heterocycles. The standard InChI is InChI=1S/C17H31NO/c1-3-13-18-16(14-17(19-2)11-8-12-17)15-9-6-4-5-7-10-15/h9,16,18H,3-8,10-14H2,1-2H3. The number of hydrogen-bond acceptors (Lipinski definition) is 2. The first-order chi connectivity index (χ1) is 9.29. The SMILES string of the molecule is CCCNC(CC1(OC)CCC1)C1=CCCCCC1. The Balaban J connectivity index is 1.99. The first-order valence-electron chi connectivity index (χ1n) is 8.27. The zero-order valence-corrected chi connectivity index (χ0v) is 12.8. The third-order valence-corrected chi connectivity index (χ3v) is 4.94. The molecule has 2 rings (SSSR count). The van der Waals surface area contributed by atoms with E-state index in [9.17, 15) is 0 Å². The molecule has 0 spiro atoms. The summed E-state index contributed by atoms with van der Waals surface area (Å²) in [5.74, 6) is 0. The fourth-order valence-electron chi connectivity index (χ4n) is 3.44. The minimum Gasteiger partial charge on any atom is -0.378 e. The molecule has 0 amide bonds. The van der Waals surface area contributed by atoms with Crippen LogP contribution in [0.25, 0.3) is 0 Å². The van der Waals surface area contributed by atoms with Crippen LogP contribution in [0, 0.1) is 0 Å². The van der Waals surface area contributed by atoms with Crippen LogP contribution in [-0.2, 0) is 4.74 Å². The predicted molar refractivity (Wildman–Crippen MR) is 81.5 cm³/mol. The van der Waals surface area contributed by atoms with Crippen molar-refractivity contribution in [3.05, 3.63) is 11.6 Å². The van der Waals surface area contributed by atoms with E-state index in [0.717, 1.165) is 6.54 Å². The molecule has 0 heterocycles. The van der Waals surface area contributed by atoms with Crippen molar-refractivity contribution in [1.29, 1.82) is 0 Å². The Morgan fingerprint density at radius 1 is 1.26 bits per heavy atom. The fourth-order valence-corrected chi connectivity index (χ4v) is 3.44. The summed E-state index contributed by atoms with van der Waals surface area (Å²) >= 11 is 0. The highest BCUT2D eigenvalue weighted by molar-refractivity contribution is 5.14. The summed E-state index contributed by atoms with van der Waals surface area (Å²) in [6, 6.07) is 0.554. The molecular formula is C17H31NO. The van der Waals surface area contributed by atoms with Crippen LogP contribution < -0.4 is 5.32 Å². The average Bonchev–Trinajstić information content (AvgIpc) is 2.66. The van der Waals surface area contributed by atoms with Crippen LogP contribution in [0.4, 0.5) is 0 Å². The molecular weight excluding hydrogens is 234 g/mol. The van der Waals surface area contributed by atoms with Gasteiger partial charge in [-0.05, 0) is 64.3 Å². The van der Waals surface area contributed by atoms with E-state index < -0.39 is 0 Å². The van der Waals surface area contributed by atoms with Gasteiger partial charge in [-0.2, -0.15) is 0 Å². The van der Waals surface area contributed by atoms with Crippen molar-refractivity contribution in [3.63, 3.8) is 0 Å². The molecule has 0 aromatic carbocycles. The van der Waals surface area contributed by atoms with Crippen molar-refractivity contribution < 1.29 is 4.74 Å². The number of nitrogens with one attached hydrogen (secondary N) is 1. The third kappa shape index (κ3) is 4.06. The van der Waals surface area contributed by atoms with Crippen molar-refractivity contribution in [2.45, 2.75) is 82.8 Å². The van der Waals surface area contributed by atoms with Crippen LogP contribution in [0.3, 0.4) is 0 Å². The first kappa shape index (κ1) is 15.1. The molecule has 2 nitrogen and oxygen atoms in total. The van der Waals surface area contributed by atoms with Gasteiger partial charge in [-0.25, -0.2) is 0 Å². The highest BCUT2D eigenvalue weighted by Gasteiger charge is 2.39. The van der Waals surface area contributed by atoms with Gasteiger partial charge in [-0.15, -0.1) is 0 Å². The lowest BCUT2D eigenvalue weighted by molar-refractivity contribution is -0.0815. The molecule has 1 atom stereocenters. The molecule has 0 saturated heterocycles. The van der Waals surface area contributed by atoms with Gasteiger partial charge in [0.2, 0.25) is 0 Å². The molecule has 1 saturated carbocycles. The normalized spacial score (nSPS) is 24.2. The van der Waals surface area contributed by atoms with Crippen LogP contribution in [0.1, 0.15) is 71.1 Å². The second-order valence-electron chi connectivity index (χ2n) is 6.33. The van der Waals surface area contributed by atoms with Crippen LogP contribution >= 0.6 is 0 Å². The Hall–Kier alpha value is -0.340. The monoisotopic (exact) mass is 265 g/mol. The van der Waals surface area contributed by atoms with Crippen LogP contribution in [0.15, 0.2) is 11.6 Å². The highest BCUT2D eigenvalue weighted by Crippen LogP contribution is 2.40. The Bertz CT molecular complexity index is 288. The molecule has 1 N–H and O–H groups in total. The number of hydrogen-bond donors (Lipinski definition) is 1. The molecule has 2 heteroatoms. The molecule has 19 heavy (non-hydrogen) atoms. The Morgan fingerprint density at radius 3 is 2.74 bits per heavy atom. The zero-order chi connectivity index (χ0) is 13.6. The largest absolute Gasteiger partial charge is 0.378 e. The molecule has 0 bridgehead atoms. The Morgan fingerprint density at radius 2 is 2.11 bits per heavy atom. The van der Waals surface area contributed by atoms with Crippen molar-refractivity contribution in [2.75, 3.05) is 13.7 Å².